The second kappa shape index (κ2) is 9.26. The van der Waals surface area contributed by atoms with Crippen LogP contribution in [0.2, 0.25) is 0 Å². The Morgan fingerprint density at radius 1 is 1.40 bits per heavy atom. The molecule has 0 spiro atoms. The van der Waals surface area contributed by atoms with Crippen LogP contribution in [0, 0.1) is 0 Å². The van der Waals surface area contributed by atoms with Gasteiger partial charge in [-0.05, 0) is 38.4 Å². The predicted octanol–water partition coefficient (Wildman–Crippen LogP) is 0.834. The first-order chi connectivity index (χ1) is 11.9. The Labute approximate surface area is 150 Å². The van der Waals surface area contributed by atoms with Crippen LogP contribution in [0.25, 0.3) is 0 Å². The molecule has 1 fully saturated rings. The number of carbonyl (C=O) groups is 1. The van der Waals surface area contributed by atoms with Crippen LogP contribution in [0.15, 0.2) is 24.4 Å². The topological polar surface area (TPSA) is 82.6 Å². The van der Waals surface area contributed by atoms with Crippen molar-refractivity contribution in [3.8, 4) is 0 Å². The zero-order chi connectivity index (χ0) is 18.3. The molecule has 0 aromatic carbocycles. The van der Waals surface area contributed by atoms with Gasteiger partial charge in [0, 0.05) is 31.9 Å². The third kappa shape index (κ3) is 6.72. The third-order valence-electron chi connectivity index (χ3n) is 4.37. The predicted molar refractivity (Wildman–Crippen MR) is 97.4 cm³/mol. The molecule has 140 valence electrons. The van der Waals surface area contributed by atoms with Crippen LogP contribution >= 0.6 is 0 Å². The highest BCUT2D eigenvalue weighted by Crippen LogP contribution is 2.21. The Hall–Kier alpha value is -1.51. The van der Waals surface area contributed by atoms with Crippen molar-refractivity contribution in [3.63, 3.8) is 0 Å². The second-order valence-electron chi connectivity index (χ2n) is 6.66. The van der Waals surface area contributed by atoms with Gasteiger partial charge >= 0.3 is 0 Å². The van der Waals surface area contributed by atoms with Gasteiger partial charge < -0.3 is 5.32 Å². The minimum Gasteiger partial charge on any atom is -0.355 e. The number of rotatable bonds is 8. The van der Waals surface area contributed by atoms with E-state index in [0.717, 1.165) is 25.0 Å². The number of amides is 1. The molecule has 1 N–H and O–H groups in total. The molecule has 1 aromatic rings. The third-order valence-corrected chi connectivity index (χ3v) is 5.70. The number of sulfonamides is 1. The smallest absolute Gasteiger partial charge is 0.234 e. The first kappa shape index (κ1) is 19.8. The van der Waals surface area contributed by atoms with Crippen LogP contribution in [0.1, 0.15) is 31.4 Å². The monoisotopic (exact) mass is 368 g/mol. The van der Waals surface area contributed by atoms with Gasteiger partial charge in [0.2, 0.25) is 15.9 Å². The molecule has 0 bridgehead atoms. The maximum absolute atomic E-state index is 12.1. The zero-order valence-corrected chi connectivity index (χ0v) is 15.8. The highest BCUT2D eigenvalue weighted by atomic mass is 32.2. The Morgan fingerprint density at radius 2 is 2.20 bits per heavy atom. The summed E-state index contributed by atoms with van der Waals surface area (Å²) in [5, 5.41) is 2.90. The molecule has 2 heterocycles. The summed E-state index contributed by atoms with van der Waals surface area (Å²) in [5.74, 6) is -0.0554. The maximum Gasteiger partial charge on any atom is 0.234 e. The van der Waals surface area contributed by atoms with E-state index >= 15 is 0 Å². The zero-order valence-electron chi connectivity index (χ0n) is 15.0. The van der Waals surface area contributed by atoms with Crippen LogP contribution in [-0.2, 0) is 21.4 Å². The molecule has 1 unspecified atom stereocenters. The maximum atomic E-state index is 12.1. The number of aromatic nitrogens is 1. The number of nitrogens with zero attached hydrogens (tertiary/aromatic N) is 3. The van der Waals surface area contributed by atoms with E-state index in [-0.39, 0.29) is 18.5 Å². The molecule has 2 rings (SSSR count). The van der Waals surface area contributed by atoms with Crippen molar-refractivity contribution in [3.05, 3.63) is 30.1 Å². The van der Waals surface area contributed by atoms with Crippen molar-refractivity contribution in [2.45, 2.75) is 38.3 Å². The number of nitrogens with one attached hydrogen (secondary N) is 1. The van der Waals surface area contributed by atoms with E-state index in [1.165, 1.54) is 6.26 Å². The molecule has 1 aromatic heterocycles. The fourth-order valence-electron chi connectivity index (χ4n) is 3.20. The first-order valence-corrected chi connectivity index (χ1v) is 10.5. The number of carbonyl (C=O) groups excluding carboxylic acids is 1. The minimum atomic E-state index is -3.17. The summed E-state index contributed by atoms with van der Waals surface area (Å²) in [6.45, 7) is 1.98. The number of piperidine rings is 1. The van der Waals surface area contributed by atoms with Crippen molar-refractivity contribution in [1.82, 2.24) is 19.5 Å². The molecule has 7 nitrogen and oxygen atoms in total. The molecule has 8 heteroatoms. The van der Waals surface area contributed by atoms with Crippen LogP contribution in [0.3, 0.4) is 0 Å². The van der Waals surface area contributed by atoms with Gasteiger partial charge in [-0.25, -0.2) is 8.42 Å². The minimum absolute atomic E-state index is 0.00435. The first-order valence-electron chi connectivity index (χ1n) is 8.68. The van der Waals surface area contributed by atoms with E-state index in [1.807, 2.05) is 30.1 Å². The molecule has 1 aliphatic rings. The van der Waals surface area contributed by atoms with Crippen molar-refractivity contribution in [2.75, 3.05) is 32.9 Å². The van der Waals surface area contributed by atoms with Crippen LogP contribution in [0.4, 0.5) is 0 Å². The summed E-state index contributed by atoms with van der Waals surface area (Å²) < 4.78 is 25.3. The molecule has 1 aliphatic heterocycles. The van der Waals surface area contributed by atoms with Crippen molar-refractivity contribution in [2.24, 2.45) is 0 Å². The van der Waals surface area contributed by atoms with Crippen molar-refractivity contribution >= 4 is 15.9 Å². The van der Waals surface area contributed by atoms with Crippen molar-refractivity contribution < 1.29 is 13.2 Å². The van der Waals surface area contributed by atoms with E-state index in [1.54, 1.807) is 10.5 Å². The largest absolute Gasteiger partial charge is 0.355 e. The standard InChI is InChI=1S/C17H28N4O3S/c1-20(13-15-7-3-5-10-18-15)14-17(22)19-11-9-16-8-4-6-12-21(16)25(2,23)24/h3,5,7,10,16H,4,6,8-9,11-14H2,1-2H3,(H,19,22). The van der Waals surface area contributed by atoms with Gasteiger partial charge in [0.05, 0.1) is 18.5 Å². The Balaban J connectivity index is 1.72. The highest BCUT2D eigenvalue weighted by molar-refractivity contribution is 7.88. The molecule has 1 atom stereocenters. The second-order valence-corrected chi connectivity index (χ2v) is 8.59. The summed E-state index contributed by atoms with van der Waals surface area (Å²) in [7, 11) is -1.30. The molecule has 0 radical (unpaired) electrons. The van der Waals surface area contributed by atoms with Crippen LogP contribution < -0.4 is 5.32 Å². The number of hydrogen-bond donors (Lipinski definition) is 1. The van der Waals surface area contributed by atoms with Gasteiger partial charge in [-0.15, -0.1) is 0 Å². The number of pyridine rings is 1. The van der Waals surface area contributed by atoms with Crippen LogP contribution in [-0.4, -0.2) is 67.5 Å². The number of hydrogen-bond acceptors (Lipinski definition) is 5. The molecule has 25 heavy (non-hydrogen) atoms. The molecule has 1 saturated heterocycles. The van der Waals surface area contributed by atoms with E-state index in [9.17, 15) is 13.2 Å². The average Bonchev–Trinajstić information content (AvgIpc) is 2.55. The van der Waals surface area contributed by atoms with E-state index in [2.05, 4.69) is 10.3 Å². The lowest BCUT2D eigenvalue weighted by atomic mass is 10.0. The van der Waals surface area contributed by atoms with Crippen LogP contribution in [0.5, 0.6) is 0 Å². The normalized spacial score (nSPS) is 19.1. The van der Waals surface area contributed by atoms with E-state index in [4.69, 9.17) is 0 Å². The summed E-state index contributed by atoms with van der Waals surface area (Å²) in [5.41, 5.74) is 0.920. The fraction of sp³-hybridized carbons (Fsp3) is 0.647. The Kier molecular flexibility index (Phi) is 7.34. The number of likely N-dealkylation sites (N-methyl/N-ethyl adjacent to an activating group) is 1. The highest BCUT2D eigenvalue weighted by Gasteiger charge is 2.28. The fourth-order valence-corrected chi connectivity index (χ4v) is 4.42. The van der Waals surface area contributed by atoms with E-state index in [0.29, 0.717) is 26.1 Å². The Morgan fingerprint density at radius 3 is 2.88 bits per heavy atom. The average molecular weight is 369 g/mol. The molecule has 0 saturated carbocycles. The summed E-state index contributed by atoms with van der Waals surface area (Å²) in [6, 6.07) is 5.71. The van der Waals surface area contributed by atoms with Gasteiger partial charge in [-0.3, -0.25) is 14.7 Å². The van der Waals surface area contributed by atoms with Gasteiger partial charge in [0.15, 0.2) is 0 Å². The van der Waals surface area contributed by atoms with Gasteiger partial charge in [0.25, 0.3) is 0 Å². The SMILES string of the molecule is CN(CC(=O)NCCC1CCCCN1S(C)(=O)=O)Cc1ccccn1. The summed E-state index contributed by atoms with van der Waals surface area (Å²) in [4.78, 5) is 18.2. The molecule has 0 aliphatic carbocycles. The summed E-state index contributed by atoms with van der Waals surface area (Å²) in [6.07, 6.45) is 6.47. The molecule has 1 amide bonds. The summed E-state index contributed by atoms with van der Waals surface area (Å²) >= 11 is 0. The quantitative estimate of drug-likeness (QED) is 0.735. The van der Waals surface area contributed by atoms with E-state index < -0.39 is 10.0 Å². The lowest BCUT2D eigenvalue weighted by Gasteiger charge is -2.33. The Bertz CT molecular complexity index is 651. The van der Waals surface area contributed by atoms with Gasteiger partial charge in [-0.1, -0.05) is 12.5 Å². The van der Waals surface area contributed by atoms with Gasteiger partial charge in [-0.2, -0.15) is 4.31 Å². The lowest BCUT2D eigenvalue weighted by molar-refractivity contribution is -0.122. The molecular formula is C17H28N4O3S. The lowest BCUT2D eigenvalue weighted by Crippen LogP contribution is -2.45. The van der Waals surface area contributed by atoms with Crippen molar-refractivity contribution in [1.29, 1.82) is 0 Å². The molecular weight excluding hydrogens is 340 g/mol. The van der Waals surface area contributed by atoms with Gasteiger partial charge in [0.1, 0.15) is 0 Å².